The van der Waals surface area contributed by atoms with Crippen molar-refractivity contribution >= 4 is 23.3 Å². The number of fused-ring (bicyclic) bond motifs is 1. The summed E-state index contributed by atoms with van der Waals surface area (Å²) in [6.45, 7) is 0.270. The quantitative estimate of drug-likeness (QED) is 0.370. The van der Waals surface area contributed by atoms with Crippen LogP contribution in [-0.4, -0.2) is 105 Å². The number of nitrogens with zero attached hydrogens (tertiary/aromatic N) is 6. The maximum absolute atomic E-state index is 14.8. The number of carbonyl (C=O) groups is 2. The summed E-state index contributed by atoms with van der Waals surface area (Å²) in [5.41, 5.74) is 7.99. The van der Waals surface area contributed by atoms with Gasteiger partial charge in [0.2, 0.25) is 5.88 Å². The number of nitrogens with one attached hydrogen (secondary N) is 1. The number of carbonyl (C=O) groups excluding carboxylic acids is 2. The highest BCUT2D eigenvalue weighted by Gasteiger charge is 2.43. The molecule has 5 rings (SSSR count). The van der Waals surface area contributed by atoms with Crippen LogP contribution in [0.3, 0.4) is 0 Å². The molecule has 2 amide bonds. The predicted molar refractivity (Wildman–Crippen MR) is 146 cm³/mol. The van der Waals surface area contributed by atoms with Gasteiger partial charge in [0.05, 0.1) is 25.4 Å². The lowest BCUT2D eigenvalue weighted by molar-refractivity contribution is -0.199. The van der Waals surface area contributed by atoms with E-state index in [-0.39, 0.29) is 49.7 Å². The Bertz CT molecular complexity index is 1570. The van der Waals surface area contributed by atoms with Gasteiger partial charge in [-0.3, -0.25) is 9.69 Å². The third kappa shape index (κ3) is 6.84. The number of likely N-dealkylation sites (tertiary alicyclic amines) is 2. The summed E-state index contributed by atoms with van der Waals surface area (Å²) >= 11 is 0. The highest BCUT2D eigenvalue weighted by molar-refractivity contribution is 5.98. The van der Waals surface area contributed by atoms with Crippen molar-refractivity contribution in [3.8, 4) is 17.1 Å². The van der Waals surface area contributed by atoms with Crippen molar-refractivity contribution in [3.63, 3.8) is 0 Å². The second-order valence-electron chi connectivity index (χ2n) is 10.9. The summed E-state index contributed by atoms with van der Waals surface area (Å²) in [4.78, 5) is 36.4. The Morgan fingerprint density at radius 1 is 1.18 bits per heavy atom. The highest BCUT2D eigenvalue weighted by Crippen LogP contribution is 2.33. The van der Waals surface area contributed by atoms with E-state index in [1.807, 2.05) is 4.90 Å². The average molecular weight is 645 g/mol. The molecular weight excluding hydrogens is 614 g/mol. The molecule has 12 nitrogen and oxygen atoms in total. The molecule has 2 aliphatic rings. The number of piperidine rings is 1. The topological polar surface area (TPSA) is 140 Å². The van der Waals surface area contributed by atoms with Crippen LogP contribution in [0.4, 0.5) is 37.0 Å². The van der Waals surface area contributed by atoms with E-state index in [1.165, 1.54) is 30.2 Å². The Balaban J connectivity index is 1.37. The van der Waals surface area contributed by atoms with Gasteiger partial charge in [-0.15, -0.1) is 0 Å². The van der Waals surface area contributed by atoms with E-state index in [9.17, 15) is 35.9 Å². The van der Waals surface area contributed by atoms with Crippen molar-refractivity contribution in [2.45, 2.75) is 56.7 Å². The number of ether oxygens (including phenoxy) is 2. The number of anilines is 1. The minimum atomic E-state index is -4.79. The smallest absolute Gasteiger partial charge is 0.425 e. The van der Waals surface area contributed by atoms with Gasteiger partial charge < -0.3 is 25.4 Å². The number of hydrogen-bond donors (Lipinski definition) is 2. The van der Waals surface area contributed by atoms with Gasteiger partial charge in [0.15, 0.2) is 11.9 Å². The number of aromatic nitrogens is 4. The summed E-state index contributed by atoms with van der Waals surface area (Å²) in [5, 5.41) is 6.74. The van der Waals surface area contributed by atoms with E-state index in [0.29, 0.717) is 29.3 Å². The van der Waals surface area contributed by atoms with Gasteiger partial charge in [0, 0.05) is 50.8 Å². The molecule has 2 fully saturated rings. The van der Waals surface area contributed by atoms with Crippen LogP contribution >= 0.6 is 0 Å². The SMILES string of the molecule is COc1ncc(-c2cc(CN3CCC(F)(F)CC3)c3c(N)ncnn23)cc1C(=O)N[C@@H]1CN(C(=O)OC(C)C(F)(F)F)C[C@@H]1F. The first-order valence-electron chi connectivity index (χ1n) is 13.9. The molecule has 0 aromatic carbocycles. The number of alkyl halides is 6. The molecule has 1 unspecified atom stereocenters. The number of halogens is 6. The van der Waals surface area contributed by atoms with Crippen molar-refractivity contribution in [2.24, 2.45) is 0 Å². The second kappa shape index (κ2) is 12.2. The first kappa shape index (κ1) is 32.1. The van der Waals surface area contributed by atoms with Gasteiger partial charge in [-0.1, -0.05) is 0 Å². The van der Waals surface area contributed by atoms with Gasteiger partial charge in [0.25, 0.3) is 11.8 Å². The maximum atomic E-state index is 14.8. The molecule has 45 heavy (non-hydrogen) atoms. The van der Waals surface area contributed by atoms with Crippen molar-refractivity contribution in [3.05, 3.63) is 35.8 Å². The van der Waals surface area contributed by atoms with Crippen LogP contribution in [0.15, 0.2) is 24.7 Å². The lowest BCUT2D eigenvalue weighted by Gasteiger charge is -2.31. The molecule has 0 aliphatic carbocycles. The molecule has 5 heterocycles. The van der Waals surface area contributed by atoms with Gasteiger partial charge in [-0.25, -0.2) is 32.4 Å². The second-order valence-corrected chi connectivity index (χ2v) is 10.9. The number of amides is 2. The molecule has 0 spiro atoms. The summed E-state index contributed by atoms with van der Waals surface area (Å²) < 4.78 is 91.7. The van der Waals surface area contributed by atoms with Crippen LogP contribution in [0, 0.1) is 0 Å². The summed E-state index contributed by atoms with van der Waals surface area (Å²) in [5.74, 6) is -3.50. The normalized spacial score (nSPS) is 21.1. The van der Waals surface area contributed by atoms with Crippen LogP contribution in [0.1, 0.15) is 35.7 Å². The molecule has 0 saturated carbocycles. The number of nitrogens with two attached hydrogens (primary N) is 1. The fourth-order valence-electron chi connectivity index (χ4n) is 5.26. The van der Waals surface area contributed by atoms with Gasteiger partial charge >= 0.3 is 12.3 Å². The largest absolute Gasteiger partial charge is 0.480 e. The number of nitrogen functional groups attached to an aromatic ring is 1. The average Bonchev–Trinajstić information content (AvgIpc) is 3.54. The fourth-order valence-corrected chi connectivity index (χ4v) is 5.26. The summed E-state index contributed by atoms with van der Waals surface area (Å²) in [6, 6.07) is 1.90. The lowest BCUT2D eigenvalue weighted by Crippen LogP contribution is -2.42. The molecule has 3 aromatic rings. The minimum absolute atomic E-state index is 0.106. The molecule has 244 valence electrons. The van der Waals surface area contributed by atoms with Gasteiger partial charge in [-0.2, -0.15) is 18.3 Å². The summed E-state index contributed by atoms with van der Waals surface area (Å²) in [7, 11) is 1.27. The molecular formula is C27H30F6N8O4. The zero-order valence-corrected chi connectivity index (χ0v) is 24.2. The molecule has 3 N–H and O–H groups in total. The third-order valence-corrected chi connectivity index (χ3v) is 7.79. The molecule has 0 radical (unpaired) electrons. The highest BCUT2D eigenvalue weighted by atomic mass is 19.4. The van der Waals surface area contributed by atoms with Crippen LogP contribution in [-0.2, 0) is 11.3 Å². The van der Waals surface area contributed by atoms with Crippen molar-refractivity contribution < 1.29 is 45.4 Å². The first-order valence-corrected chi connectivity index (χ1v) is 13.9. The zero-order valence-electron chi connectivity index (χ0n) is 24.2. The van der Waals surface area contributed by atoms with Crippen LogP contribution in [0.25, 0.3) is 16.8 Å². The maximum Gasteiger partial charge on any atom is 0.425 e. The third-order valence-electron chi connectivity index (χ3n) is 7.79. The Labute approximate surface area is 252 Å². The fraction of sp³-hybridized carbons (Fsp3) is 0.519. The van der Waals surface area contributed by atoms with Crippen molar-refractivity contribution in [2.75, 3.05) is 39.0 Å². The standard InChI is InChI=1S/C27H30F6N8O4/c1-14(27(31,32)33)45-25(43)40-11-18(28)19(12-40)38-23(42)17-7-15(9-35-24(17)44-2)20-8-16(21-22(34)36-13-37-41(20)21)10-39-5-3-26(29,30)4-6-39/h7-9,13-14,18-19H,3-6,10-12H2,1-2H3,(H,38,42)(H2,34,36,37)/t14?,18-,19+/m0/s1. The van der Waals surface area contributed by atoms with Crippen LogP contribution in [0.2, 0.25) is 0 Å². The number of hydrogen-bond acceptors (Lipinski definition) is 9. The Morgan fingerprint density at radius 2 is 1.89 bits per heavy atom. The van der Waals surface area contributed by atoms with E-state index in [2.05, 4.69) is 25.1 Å². The van der Waals surface area contributed by atoms with E-state index in [0.717, 1.165) is 4.90 Å². The van der Waals surface area contributed by atoms with E-state index >= 15 is 0 Å². The van der Waals surface area contributed by atoms with Crippen LogP contribution in [0.5, 0.6) is 5.88 Å². The number of rotatable bonds is 7. The van der Waals surface area contributed by atoms with Crippen molar-refractivity contribution in [1.29, 1.82) is 0 Å². The first-order chi connectivity index (χ1) is 21.2. The van der Waals surface area contributed by atoms with E-state index in [4.69, 9.17) is 10.5 Å². The van der Waals surface area contributed by atoms with Crippen LogP contribution < -0.4 is 15.8 Å². The minimum Gasteiger partial charge on any atom is -0.480 e. The zero-order chi connectivity index (χ0) is 32.7. The molecule has 2 aliphatic heterocycles. The number of pyridine rings is 1. The molecule has 0 bridgehead atoms. The van der Waals surface area contributed by atoms with Gasteiger partial charge in [0.1, 0.15) is 23.6 Å². The summed E-state index contributed by atoms with van der Waals surface area (Å²) in [6.07, 6.45) is -8.25. The van der Waals surface area contributed by atoms with Crippen molar-refractivity contribution in [1.82, 2.24) is 34.7 Å². The van der Waals surface area contributed by atoms with Gasteiger partial charge in [-0.05, 0) is 24.6 Å². The predicted octanol–water partition coefficient (Wildman–Crippen LogP) is 3.45. The lowest BCUT2D eigenvalue weighted by atomic mass is 10.1. The van der Waals surface area contributed by atoms with E-state index in [1.54, 1.807) is 6.07 Å². The molecule has 2 saturated heterocycles. The Kier molecular flexibility index (Phi) is 8.70. The monoisotopic (exact) mass is 644 g/mol. The molecule has 3 atom stereocenters. The Morgan fingerprint density at radius 3 is 2.56 bits per heavy atom. The number of methoxy groups -OCH3 is 1. The Hall–Kier alpha value is -4.35. The molecule has 3 aromatic heterocycles. The van der Waals surface area contributed by atoms with E-state index < -0.39 is 55.5 Å². The molecule has 18 heteroatoms.